The van der Waals surface area contributed by atoms with Gasteiger partial charge in [0.05, 0.1) is 11.9 Å². The average Bonchev–Trinajstić information content (AvgIpc) is 2.88. The van der Waals surface area contributed by atoms with Gasteiger partial charge in [-0.3, -0.25) is 0 Å². The monoisotopic (exact) mass is 331 g/mol. The average molecular weight is 331 g/mol. The summed E-state index contributed by atoms with van der Waals surface area (Å²) in [5.74, 6) is 0.211. The van der Waals surface area contributed by atoms with E-state index in [1.165, 1.54) is 11.5 Å². The van der Waals surface area contributed by atoms with E-state index in [-0.39, 0.29) is 34.7 Å². The number of hydrogen-bond donors (Lipinski definition) is 2. The molecular formula is C13H21N3O3S2. The van der Waals surface area contributed by atoms with Crippen LogP contribution in [0.3, 0.4) is 0 Å². The molecule has 2 bridgehead atoms. The lowest BCUT2D eigenvalue weighted by Gasteiger charge is -2.38. The van der Waals surface area contributed by atoms with Crippen molar-refractivity contribution in [3.63, 3.8) is 0 Å². The molecule has 0 amide bonds. The number of nitrogens with zero attached hydrogens (tertiary/aromatic N) is 2. The third kappa shape index (κ3) is 2.53. The van der Waals surface area contributed by atoms with Gasteiger partial charge in [-0.05, 0) is 43.6 Å². The topological polar surface area (TPSA) is 96.5 Å². The van der Waals surface area contributed by atoms with Crippen molar-refractivity contribution < 1.29 is 13.5 Å². The van der Waals surface area contributed by atoms with Gasteiger partial charge in [-0.15, -0.1) is 0 Å². The summed E-state index contributed by atoms with van der Waals surface area (Å²) in [4.78, 5) is 2.37. The van der Waals surface area contributed by atoms with Gasteiger partial charge >= 0.3 is 0 Å². The molecule has 2 aliphatic rings. The maximum Gasteiger partial charge on any atom is 0.185 e. The SMILES string of the molecule is CCCS(=O)(=O)c1c(N)nsc1N1C2CCC1CC(O)C2. The standard InChI is InChI=1S/C13H21N3O3S2/c1-2-5-21(18,19)11-12(14)15-20-13(11)16-8-3-4-9(16)7-10(17)6-8/h8-10,17H,2-7H2,1H3,(H2,14,15). The van der Waals surface area contributed by atoms with E-state index in [9.17, 15) is 13.5 Å². The number of sulfone groups is 1. The quantitative estimate of drug-likeness (QED) is 0.866. The fourth-order valence-corrected chi connectivity index (χ4v) is 6.48. The lowest BCUT2D eigenvalue weighted by Crippen LogP contribution is -2.45. The molecule has 0 radical (unpaired) electrons. The van der Waals surface area contributed by atoms with E-state index in [4.69, 9.17) is 5.73 Å². The Bertz CT molecular complexity index is 615. The molecule has 2 aliphatic heterocycles. The molecule has 3 rings (SSSR count). The third-order valence-electron chi connectivity index (χ3n) is 4.38. The van der Waals surface area contributed by atoms with Gasteiger partial charge in [0.25, 0.3) is 0 Å². The van der Waals surface area contributed by atoms with Crippen molar-refractivity contribution >= 4 is 32.2 Å². The van der Waals surface area contributed by atoms with Crippen LogP contribution in [-0.4, -0.2) is 41.8 Å². The van der Waals surface area contributed by atoms with E-state index in [0.717, 1.165) is 12.8 Å². The van der Waals surface area contributed by atoms with Crippen molar-refractivity contribution in [3.8, 4) is 0 Å². The Kier molecular flexibility index (Phi) is 3.87. The van der Waals surface area contributed by atoms with Crippen molar-refractivity contribution in [2.45, 2.75) is 62.1 Å². The summed E-state index contributed by atoms with van der Waals surface area (Å²) in [5, 5.41) is 10.6. The molecule has 0 spiro atoms. The zero-order chi connectivity index (χ0) is 15.2. The number of fused-ring (bicyclic) bond motifs is 2. The highest BCUT2D eigenvalue weighted by Gasteiger charge is 2.43. The maximum atomic E-state index is 12.5. The Morgan fingerprint density at radius 3 is 2.57 bits per heavy atom. The smallest absolute Gasteiger partial charge is 0.185 e. The molecule has 6 nitrogen and oxygen atoms in total. The van der Waals surface area contributed by atoms with Gasteiger partial charge in [0, 0.05) is 12.1 Å². The lowest BCUT2D eigenvalue weighted by atomic mass is 10.0. The molecule has 2 unspecified atom stereocenters. The van der Waals surface area contributed by atoms with Gasteiger partial charge in [-0.1, -0.05) is 6.92 Å². The van der Waals surface area contributed by atoms with Crippen LogP contribution in [-0.2, 0) is 9.84 Å². The number of nitrogens with two attached hydrogens (primary N) is 1. The number of rotatable bonds is 4. The molecule has 1 aromatic rings. The largest absolute Gasteiger partial charge is 0.393 e. The first-order valence-electron chi connectivity index (χ1n) is 7.38. The van der Waals surface area contributed by atoms with E-state index in [0.29, 0.717) is 24.3 Å². The summed E-state index contributed by atoms with van der Waals surface area (Å²) in [7, 11) is -3.39. The number of aromatic nitrogens is 1. The highest BCUT2D eigenvalue weighted by atomic mass is 32.2. The van der Waals surface area contributed by atoms with Crippen molar-refractivity contribution in [2.75, 3.05) is 16.4 Å². The van der Waals surface area contributed by atoms with Crippen LogP contribution in [0.15, 0.2) is 4.90 Å². The highest BCUT2D eigenvalue weighted by molar-refractivity contribution is 7.91. The predicted octanol–water partition coefficient (Wildman–Crippen LogP) is 1.40. The summed E-state index contributed by atoms with van der Waals surface area (Å²) in [6.07, 6.45) is 3.66. The minimum absolute atomic E-state index is 0.0917. The van der Waals surface area contributed by atoms with Crippen LogP contribution in [0.5, 0.6) is 0 Å². The molecule has 3 heterocycles. The number of nitrogen functional groups attached to an aromatic ring is 1. The van der Waals surface area contributed by atoms with Crippen LogP contribution in [0.2, 0.25) is 0 Å². The predicted molar refractivity (Wildman–Crippen MR) is 83.4 cm³/mol. The molecule has 8 heteroatoms. The van der Waals surface area contributed by atoms with E-state index in [1.807, 2.05) is 6.92 Å². The summed E-state index contributed by atoms with van der Waals surface area (Å²) in [6, 6.07) is 0.406. The second-order valence-corrected chi connectivity index (χ2v) is 8.74. The first-order chi connectivity index (χ1) is 9.94. The molecule has 0 aliphatic carbocycles. The van der Waals surface area contributed by atoms with E-state index in [1.54, 1.807) is 0 Å². The van der Waals surface area contributed by atoms with Gasteiger partial charge in [-0.2, -0.15) is 4.37 Å². The van der Waals surface area contributed by atoms with Gasteiger partial charge in [0.15, 0.2) is 15.7 Å². The summed E-state index contributed by atoms with van der Waals surface area (Å²) in [5.41, 5.74) is 5.85. The molecule has 2 fully saturated rings. The van der Waals surface area contributed by atoms with Crippen molar-refractivity contribution in [3.05, 3.63) is 0 Å². The van der Waals surface area contributed by atoms with Gasteiger partial charge in [0.1, 0.15) is 9.90 Å². The number of aliphatic hydroxyl groups is 1. The zero-order valence-electron chi connectivity index (χ0n) is 12.0. The van der Waals surface area contributed by atoms with Crippen molar-refractivity contribution in [1.82, 2.24) is 4.37 Å². The van der Waals surface area contributed by atoms with Crippen LogP contribution in [0, 0.1) is 0 Å². The Hall–Kier alpha value is -0.860. The molecule has 2 atom stereocenters. The normalized spacial score (nSPS) is 29.0. The zero-order valence-corrected chi connectivity index (χ0v) is 13.7. The Labute approximate surface area is 129 Å². The molecule has 3 N–H and O–H groups in total. The second kappa shape index (κ2) is 5.40. The molecule has 118 valence electrons. The molecule has 0 aromatic carbocycles. The lowest BCUT2D eigenvalue weighted by molar-refractivity contribution is 0.126. The van der Waals surface area contributed by atoms with E-state index < -0.39 is 9.84 Å². The molecule has 21 heavy (non-hydrogen) atoms. The minimum atomic E-state index is -3.39. The van der Waals surface area contributed by atoms with Crippen LogP contribution in [0.25, 0.3) is 0 Å². The minimum Gasteiger partial charge on any atom is -0.393 e. The Balaban J connectivity index is 2.01. The van der Waals surface area contributed by atoms with E-state index >= 15 is 0 Å². The fraction of sp³-hybridized carbons (Fsp3) is 0.769. The Morgan fingerprint density at radius 2 is 2.00 bits per heavy atom. The summed E-state index contributed by atoms with van der Waals surface area (Å²) < 4.78 is 29.1. The number of aliphatic hydroxyl groups excluding tert-OH is 1. The summed E-state index contributed by atoms with van der Waals surface area (Å²) >= 11 is 1.17. The second-order valence-electron chi connectivity index (χ2n) is 5.94. The maximum absolute atomic E-state index is 12.5. The number of piperidine rings is 1. The molecule has 0 saturated carbocycles. The van der Waals surface area contributed by atoms with Crippen LogP contribution >= 0.6 is 11.5 Å². The molecule has 2 saturated heterocycles. The van der Waals surface area contributed by atoms with Crippen molar-refractivity contribution in [1.29, 1.82) is 0 Å². The molecular weight excluding hydrogens is 310 g/mol. The summed E-state index contributed by atoms with van der Waals surface area (Å²) in [6.45, 7) is 1.84. The number of hydrogen-bond acceptors (Lipinski definition) is 7. The molecule has 1 aromatic heterocycles. The number of anilines is 2. The fourth-order valence-electron chi connectivity index (χ4n) is 3.59. The highest BCUT2D eigenvalue weighted by Crippen LogP contribution is 2.45. The van der Waals surface area contributed by atoms with Gasteiger partial charge in [0.2, 0.25) is 0 Å². The first-order valence-corrected chi connectivity index (χ1v) is 9.81. The van der Waals surface area contributed by atoms with Crippen molar-refractivity contribution in [2.24, 2.45) is 0 Å². The van der Waals surface area contributed by atoms with Gasteiger partial charge in [-0.25, -0.2) is 8.42 Å². The Morgan fingerprint density at radius 1 is 1.38 bits per heavy atom. The van der Waals surface area contributed by atoms with Gasteiger partial charge < -0.3 is 15.7 Å². The van der Waals surface area contributed by atoms with E-state index in [2.05, 4.69) is 9.27 Å². The van der Waals surface area contributed by atoms with Crippen LogP contribution in [0.4, 0.5) is 10.8 Å². The van der Waals surface area contributed by atoms with Crippen LogP contribution < -0.4 is 10.6 Å². The first kappa shape index (κ1) is 15.1. The third-order valence-corrected chi connectivity index (χ3v) is 7.36. The van der Waals surface area contributed by atoms with Crippen LogP contribution in [0.1, 0.15) is 39.0 Å².